The van der Waals surface area contributed by atoms with Gasteiger partial charge in [-0.15, -0.1) is 0 Å². The van der Waals surface area contributed by atoms with E-state index in [0.29, 0.717) is 12.8 Å². The maximum atomic E-state index is 12.1. The van der Waals surface area contributed by atoms with Crippen LogP contribution in [0.15, 0.2) is 12.3 Å². The minimum absolute atomic E-state index is 0.00968. The molecule has 1 aromatic heterocycles. The Morgan fingerprint density at radius 2 is 2.05 bits per heavy atom. The van der Waals surface area contributed by atoms with Crippen molar-refractivity contribution < 1.29 is 13.2 Å². The van der Waals surface area contributed by atoms with Crippen molar-refractivity contribution in [3.05, 3.63) is 23.5 Å². The largest absolute Gasteiger partial charge is 0.347 e. The molecule has 1 unspecified atom stereocenters. The highest BCUT2D eigenvalue weighted by Gasteiger charge is 2.36. The Labute approximate surface area is 113 Å². The van der Waals surface area contributed by atoms with Gasteiger partial charge in [-0.3, -0.25) is 4.79 Å². The van der Waals surface area contributed by atoms with E-state index in [9.17, 15) is 13.2 Å². The van der Waals surface area contributed by atoms with E-state index < -0.39 is 9.84 Å². The van der Waals surface area contributed by atoms with Gasteiger partial charge in [0.1, 0.15) is 0 Å². The van der Waals surface area contributed by atoms with Gasteiger partial charge < -0.3 is 4.57 Å². The molecule has 1 aliphatic carbocycles. The third kappa shape index (κ3) is 2.24. The number of aromatic nitrogens is 1. The molecule has 0 saturated carbocycles. The predicted molar refractivity (Wildman–Crippen MR) is 73.2 cm³/mol. The first-order valence-corrected chi connectivity index (χ1v) is 8.53. The van der Waals surface area contributed by atoms with Crippen LogP contribution in [-0.4, -0.2) is 30.3 Å². The average molecular weight is 281 g/mol. The van der Waals surface area contributed by atoms with E-state index in [1.807, 2.05) is 16.8 Å². The van der Waals surface area contributed by atoms with Crippen molar-refractivity contribution in [2.75, 3.05) is 11.5 Å². The van der Waals surface area contributed by atoms with Gasteiger partial charge in [-0.25, -0.2) is 8.42 Å². The van der Waals surface area contributed by atoms with Gasteiger partial charge in [0.05, 0.1) is 11.5 Å². The number of rotatable bonds is 1. The molecule has 0 N–H and O–H groups in total. The van der Waals surface area contributed by atoms with Gasteiger partial charge in [0.25, 0.3) is 0 Å². The zero-order chi connectivity index (χ0) is 13.8. The molecule has 19 heavy (non-hydrogen) atoms. The van der Waals surface area contributed by atoms with Gasteiger partial charge in [-0.1, -0.05) is 13.8 Å². The Hall–Kier alpha value is -1.10. The van der Waals surface area contributed by atoms with Crippen LogP contribution in [0.25, 0.3) is 0 Å². The molecule has 1 aliphatic heterocycles. The number of nitrogens with zero attached hydrogens (tertiary/aromatic N) is 1. The van der Waals surface area contributed by atoms with Crippen molar-refractivity contribution in [3.63, 3.8) is 0 Å². The molecule has 1 saturated heterocycles. The highest BCUT2D eigenvalue weighted by Crippen LogP contribution is 2.37. The zero-order valence-corrected chi connectivity index (χ0v) is 12.2. The Kier molecular flexibility index (Phi) is 2.68. The molecule has 1 atom stereocenters. The second-order valence-electron chi connectivity index (χ2n) is 6.58. The molecule has 3 rings (SSSR count). The van der Waals surface area contributed by atoms with E-state index in [-0.39, 0.29) is 28.7 Å². The van der Waals surface area contributed by atoms with E-state index in [2.05, 4.69) is 13.8 Å². The van der Waals surface area contributed by atoms with Gasteiger partial charge in [0, 0.05) is 29.9 Å². The summed E-state index contributed by atoms with van der Waals surface area (Å²) in [6, 6.07) is 1.87. The van der Waals surface area contributed by atoms with Gasteiger partial charge in [0.2, 0.25) is 0 Å². The first kappa shape index (κ1) is 12.9. The topological polar surface area (TPSA) is 56.1 Å². The van der Waals surface area contributed by atoms with Crippen LogP contribution in [0, 0.1) is 5.41 Å². The van der Waals surface area contributed by atoms with Crippen LogP contribution in [-0.2, 0) is 16.3 Å². The summed E-state index contributed by atoms with van der Waals surface area (Å²) >= 11 is 0. The first-order chi connectivity index (χ1) is 8.77. The molecular formula is C14H19NO3S. The number of carbonyl (C=O) groups is 1. The number of hydrogen-bond donors (Lipinski definition) is 0. The summed E-state index contributed by atoms with van der Waals surface area (Å²) in [7, 11) is -2.90. The van der Waals surface area contributed by atoms with Gasteiger partial charge >= 0.3 is 0 Å². The van der Waals surface area contributed by atoms with Crippen molar-refractivity contribution in [1.82, 2.24) is 4.57 Å². The lowest BCUT2D eigenvalue weighted by atomic mass is 9.76. The van der Waals surface area contributed by atoms with Crippen molar-refractivity contribution in [3.8, 4) is 0 Å². The van der Waals surface area contributed by atoms with E-state index >= 15 is 0 Å². The van der Waals surface area contributed by atoms with Gasteiger partial charge in [-0.05, 0) is 24.3 Å². The van der Waals surface area contributed by atoms with Crippen molar-refractivity contribution in [2.45, 2.75) is 39.2 Å². The summed E-state index contributed by atoms with van der Waals surface area (Å²) in [5.41, 5.74) is 1.80. The SMILES string of the molecule is CC1(C)CC(=O)c2ccn(C3CCS(=O)(=O)C3)c2C1. The molecular weight excluding hydrogens is 262 g/mol. The second kappa shape index (κ2) is 3.95. The molecule has 1 aromatic rings. The number of fused-ring (bicyclic) bond motifs is 1. The summed E-state index contributed by atoms with van der Waals surface area (Å²) in [4.78, 5) is 12.1. The van der Waals surface area contributed by atoms with Crippen LogP contribution in [0.5, 0.6) is 0 Å². The molecule has 5 heteroatoms. The van der Waals surface area contributed by atoms with E-state index in [1.165, 1.54) is 0 Å². The normalized spacial score (nSPS) is 28.3. The summed E-state index contributed by atoms with van der Waals surface area (Å²) in [6.45, 7) is 4.19. The second-order valence-corrected chi connectivity index (χ2v) is 8.81. The van der Waals surface area contributed by atoms with Crippen LogP contribution in [0.1, 0.15) is 48.8 Å². The van der Waals surface area contributed by atoms with Gasteiger partial charge in [-0.2, -0.15) is 0 Å². The molecule has 0 amide bonds. The van der Waals surface area contributed by atoms with Crippen molar-refractivity contribution in [2.24, 2.45) is 5.41 Å². The Morgan fingerprint density at radius 3 is 2.68 bits per heavy atom. The highest BCUT2D eigenvalue weighted by atomic mass is 32.2. The zero-order valence-electron chi connectivity index (χ0n) is 11.3. The fourth-order valence-corrected chi connectivity index (χ4v) is 5.01. The van der Waals surface area contributed by atoms with E-state index in [1.54, 1.807) is 0 Å². The maximum Gasteiger partial charge on any atom is 0.165 e. The van der Waals surface area contributed by atoms with E-state index in [4.69, 9.17) is 0 Å². The minimum atomic E-state index is -2.90. The molecule has 1 fully saturated rings. The summed E-state index contributed by atoms with van der Waals surface area (Å²) < 4.78 is 25.3. The summed E-state index contributed by atoms with van der Waals surface area (Å²) in [6.07, 6.45) is 3.98. The number of Topliss-reactive ketones (excluding diaryl/α,β-unsaturated/α-hetero) is 1. The minimum Gasteiger partial charge on any atom is -0.347 e. The number of ketones is 1. The van der Waals surface area contributed by atoms with Crippen molar-refractivity contribution >= 4 is 15.6 Å². The monoisotopic (exact) mass is 281 g/mol. The summed E-state index contributed by atoms with van der Waals surface area (Å²) in [5, 5.41) is 0. The third-order valence-corrected chi connectivity index (χ3v) is 5.96. The van der Waals surface area contributed by atoms with Crippen LogP contribution in [0.3, 0.4) is 0 Å². The highest BCUT2D eigenvalue weighted by molar-refractivity contribution is 7.91. The van der Waals surface area contributed by atoms with Crippen molar-refractivity contribution in [1.29, 1.82) is 0 Å². The molecule has 2 heterocycles. The fraction of sp³-hybridized carbons (Fsp3) is 0.643. The molecule has 0 radical (unpaired) electrons. The Bertz CT molecular complexity index is 640. The molecule has 0 spiro atoms. The van der Waals surface area contributed by atoms with Crippen LogP contribution < -0.4 is 0 Å². The van der Waals surface area contributed by atoms with Crippen LogP contribution >= 0.6 is 0 Å². The summed E-state index contributed by atoms with van der Waals surface area (Å²) in [5.74, 6) is 0.663. The Morgan fingerprint density at radius 1 is 1.32 bits per heavy atom. The molecule has 2 aliphatic rings. The lowest BCUT2D eigenvalue weighted by molar-refractivity contribution is 0.0909. The number of hydrogen-bond acceptors (Lipinski definition) is 3. The molecule has 104 valence electrons. The quantitative estimate of drug-likeness (QED) is 0.791. The van der Waals surface area contributed by atoms with Gasteiger partial charge in [0.15, 0.2) is 15.6 Å². The molecule has 0 bridgehead atoms. The lowest BCUT2D eigenvalue weighted by Crippen LogP contribution is -2.29. The third-order valence-electron chi connectivity index (χ3n) is 4.21. The molecule has 4 nitrogen and oxygen atoms in total. The van der Waals surface area contributed by atoms with E-state index in [0.717, 1.165) is 17.7 Å². The maximum absolute atomic E-state index is 12.1. The predicted octanol–water partition coefficient (Wildman–Crippen LogP) is 2.00. The smallest absolute Gasteiger partial charge is 0.165 e. The standard InChI is InChI=1S/C14H19NO3S/c1-14(2)7-12-11(13(16)8-14)3-5-15(12)10-4-6-19(17,18)9-10/h3,5,10H,4,6-9H2,1-2H3. The van der Waals surface area contributed by atoms with Crippen LogP contribution in [0.2, 0.25) is 0 Å². The lowest BCUT2D eigenvalue weighted by Gasteiger charge is -2.30. The number of sulfone groups is 1. The number of carbonyl (C=O) groups excluding carboxylic acids is 1. The van der Waals surface area contributed by atoms with Crippen LogP contribution in [0.4, 0.5) is 0 Å². The Balaban J connectivity index is 2.00. The first-order valence-electron chi connectivity index (χ1n) is 6.71. The fourth-order valence-electron chi connectivity index (χ4n) is 3.30. The average Bonchev–Trinajstić information content (AvgIpc) is 2.79. The molecule has 0 aromatic carbocycles.